The molecule has 0 unspecified atom stereocenters. The van der Waals surface area contributed by atoms with Gasteiger partial charge in [0.2, 0.25) is 0 Å². The molecule has 0 bridgehead atoms. The Kier molecular flexibility index (Phi) is 3.89. The lowest BCUT2D eigenvalue weighted by Crippen LogP contribution is -2.51. The van der Waals surface area contributed by atoms with E-state index in [0.29, 0.717) is 0 Å². The average Bonchev–Trinajstić information content (AvgIpc) is 2.04. The molecule has 4 nitrogen and oxygen atoms in total. The Balaban J connectivity index is 3.96. The number of urea groups is 1. The van der Waals surface area contributed by atoms with Crippen molar-refractivity contribution in [3.8, 4) is 0 Å². The zero-order chi connectivity index (χ0) is 8.91. The van der Waals surface area contributed by atoms with Crippen LogP contribution >= 0.6 is 0 Å². The lowest BCUT2D eigenvalue weighted by Gasteiger charge is -2.27. The lowest BCUT2D eigenvalue weighted by atomic mass is 9.96. The second kappa shape index (κ2) is 4.18. The maximum atomic E-state index is 10.8. The predicted molar refractivity (Wildman–Crippen MR) is 44.8 cm³/mol. The number of rotatable bonds is 3. The highest BCUT2D eigenvalue weighted by Gasteiger charge is 2.20. The molecule has 0 rings (SSSR count). The summed E-state index contributed by atoms with van der Waals surface area (Å²) in [6.45, 7) is 6.04. The summed E-state index contributed by atoms with van der Waals surface area (Å²) in [5.41, 5.74) is 1.90. The van der Waals surface area contributed by atoms with Crippen molar-refractivity contribution in [2.75, 3.05) is 0 Å². The van der Waals surface area contributed by atoms with Crippen LogP contribution in [0.4, 0.5) is 4.79 Å². The lowest BCUT2D eigenvalue weighted by molar-refractivity contribution is 0.224. The van der Waals surface area contributed by atoms with Crippen molar-refractivity contribution in [3.63, 3.8) is 0 Å². The van der Waals surface area contributed by atoms with E-state index in [1.165, 1.54) is 0 Å². The van der Waals surface area contributed by atoms with E-state index in [4.69, 9.17) is 5.84 Å². The highest BCUT2D eigenvalue weighted by molar-refractivity contribution is 5.73. The predicted octanol–water partition coefficient (Wildman–Crippen LogP) is 0.738. The first-order valence-electron chi connectivity index (χ1n) is 3.86. The van der Waals surface area contributed by atoms with Gasteiger partial charge in [0.15, 0.2) is 0 Å². The molecule has 0 aliphatic heterocycles. The van der Waals surface area contributed by atoms with Crippen LogP contribution in [-0.2, 0) is 0 Å². The van der Waals surface area contributed by atoms with Crippen molar-refractivity contribution >= 4 is 6.03 Å². The van der Waals surface area contributed by atoms with Crippen LogP contribution in [0.25, 0.3) is 0 Å². The van der Waals surface area contributed by atoms with Crippen molar-refractivity contribution in [2.24, 2.45) is 5.84 Å². The quantitative estimate of drug-likeness (QED) is 0.323. The van der Waals surface area contributed by atoms with Crippen LogP contribution in [-0.4, -0.2) is 11.6 Å². The molecule has 0 aromatic carbocycles. The SMILES string of the molecule is CCC(C)(CC)NC(=O)NN. The van der Waals surface area contributed by atoms with Gasteiger partial charge in [-0.2, -0.15) is 0 Å². The Morgan fingerprint density at radius 3 is 2.18 bits per heavy atom. The molecule has 0 saturated carbocycles. The Morgan fingerprint density at radius 1 is 1.45 bits per heavy atom. The molecule has 4 heteroatoms. The van der Waals surface area contributed by atoms with Crippen LogP contribution in [0.15, 0.2) is 0 Å². The summed E-state index contributed by atoms with van der Waals surface area (Å²) in [6, 6.07) is -0.323. The maximum Gasteiger partial charge on any atom is 0.329 e. The van der Waals surface area contributed by atoms with Gasteiger partial charge in [-0.05, 0) is 19.8 Å². The van der Waals surface area contributed by atoms with Gasteiger partial charge in [-0.15, -0.1) is 0 Å². The molecule has 0 aliphatic carbocycles. The molecule has 0 saturated heterocycles. The molecule has 2 amide bonds. The number of carbonyl (C=O) groups is 1. The normalized spacial score (nSPS) is 10.9. The first-order chi connectivity index (χ1) is 5.08. The van der Waals surface area contributed by atoms with Gasteiger partial charge < -0.3 is 5.32 Å². The number of amides is 2. The van der Waals surface area contributed by atoms with Crippen molar-refractivity contribution in [1.82, 2.24) is 10.7 Å². The fraction of sp³-hybridized carbons (Fsp3) is 0.857. The molecule has 66 valence electrons. The molecular weight excluding hydrogens is 142 g/mol. The van der Waals surface area contributed by atoms with Gasteiger partial charge in [-0.25, -0.2) is 10.6 Å². The van der Waals surface area contributed by atoms with E-state index in [-0.39, 0.29) is 11.6 Å². The standard InChI is InChI=1S/C7H17N3O/c1-4-7(3,5-2)9-6(11)10-8/h4-5,8H2,1-3H3,(H2,9,10,11). The molecule has 11 heavy (non-hydrogen) atoms. The Bertz CT molecular complexity index is 132. The zero-order valence-corrected chi connectivity index (χ0v) is 7.40. The fourth-order valence-electron chi connectivity index (χ4n) is 0.737. The number of nitrogens with one attached hydrogen (secondary N) is 2. The van der Waals surface area contributed by atoms with Gasteiger partial charge in [0.05, 0.1) is 0 Å². The van der Waals surface area contributed by atoms with E-state index < -0.39 is 0 Å². The summed E-state index contributed by atoms with van der Waals surface area (Å²) >= 11 is 0. The minimum atomic E-state index is -0.323. The molecule has 0 spiro atoms. The summed E-state index contributed by atoms with van der Waals surface area (Å²) in [4.78, 5) is 10.8. The second-order valence-electron chi connectivity index (χ2n) is 2.87. The Morgan fingerprint density at radius 2 is 1.91 bits per heavy atom. The second-order valence-corrected chi connectivity index (χ2v) is 2.87. The largest absolute Gasteiger partial charge is 0.332 e. The third kappa shape index (κ3) is 3.23. The molecule has 0 aromatic rings. The van der Waals surface area contributed by atoms with Gasteiger partial charge in [0.1, 0.15) is 0 Å². The van der Waals surface area contributed by atoms with Crippen LogP contribution in [0, 0.1) is 0 Å². The van der Waals surface area contributed by atoms with E-state index in [0.717, 1.165) is 12.8 Å². The fourth-order valence-corrected chi connectivity index (χ4v) is 0.737. The molecule has 0 aromatic heterocycles. The van der Waals surface area contributed by atoms with E-state index in [1.807, 2.05) is 26.2 Å². The smallest absolute Gasteiger partial charge is 0.329 e. The number of hydrogen-bond acceptors (Lipinski definition) is 2. The molecule has 0 heterocycles. The number of carbonyl (C=O) groups excluding carboxylic acids is 1. The first kappa shape index (κ1) is 10.2. The Hall–Kier alpha value is -0.770. The molecule has 0 atom stereocenters. The summed E-state index contributed by atoms with van der Waals surface area (Å²) in [5, 5.41) is 2.77. The summed E-state index contributed by atoms with van der Waals surface area (Å²) in [7, 11) is 0. The van der Waals surface area contributed by atoms with Gasteiger partial charge >= 0.3 is 6.03 Å². The maximum absolute atomic E-state index is 10.8. The van der Waals surface area contributed by atoms with Gasteiger partial charge in [0, 0.05) is 5.54 Å². The van der Waals surface area contributed by atoms with Crippen LogP contribution in [0.5, 0.6) is 0 Å². The van der Waals surface area contributed by atoms with Gasteiger partial charge in [0.25, 0.3) is 0 Å². The third-order valence-electron chi connectivity index (χ3n) is 2.11. The highest BCUT2D eigenvalue weighted by atomic mass is 16.2. The van der Waals surface area contributed by atoms with Crippen molar-refractivity contribution in [3.05, 3.63) is 0 Å². The zero-order valence-electron chi connectivity index (χ0n) is 7.40. The van der Waals surface area contributed by atoms with Crippen molar-refractivity contribution in [2.45, 2.75) is 39.2 Å². The van der Waals surface area contributed by atoms with Crippen LogP contribution in [0.2, 0.25) is 0 Å². The molecule has 0 aliphatic rings. The van der Waals surface area contributed by atoms with Gasteiger partial charge in [-0.1, -0.05) is 13.8 Å². The monoisotopic (exact) mass is 159 g/mol. The molecule has 0 radical (unpaired) electrons. The van der Waals surface area contributed by atoms with E-state index in [9.17, 15) is 4.79 Å². The highest BCUT2D eigenvalue weighted by Crippen LogP contribution is 2.12. The van der Waals surface area contributed by atoms with Crippen molar-refractivity contribution < 1.29 is 4.79 Å². The third-order valence-corrected chi connectivity index (χ3v) is 2.11. The molecule has 4 N–H and O–H groups in total. The minimum Gasteiger partial charge on any atom is -0.332 e. The number of hydrazine groups is 1. The summed E-state index contributed by atoms with van der Waals surface area (Å²) in [6.07, 6.45) is 1.80. The van der Waals surface area contributed by atoms with Gasteiger partial charge in [-0.3, -0.25) is 5.43 Å². The van der Waals surface area contributed by atoms with E-state index in [2.05, 4.69) is 5.32 Å². The van der Waals surface area contributed by atoms with Crippen LogP contribution in [0.1, 0.15) is 33.6 Å². The number of nitrogens with two attached hydrogens (primary N) is 1. The Labute approximate surface area is 67.5 Å². The van der Waals surface area contributed by atoms with E-state index in [1.54, 1.807) is 0 Å². The van der Waals surface area contributed by atoms with Crippen LogP contribution < -0.4 is 16.6 Å². The number of hydrogen-bond donors (Lipinski definition) is 3. The molecule has 0 fully saturated rings. The minimum absolute atomic E-state index is 0.135. The first-order valence-corrected chi connectivity index (χ1v) is 3.86. The van der Waals surface area contributed by atoms with Crippen molar-refractivity contribution in [1.29, 1.82) is 0 Å². The summed E-state index contributed by atoms with van der Waals surface area (Å²) in [5.74, 6) is 4.93. The topological polar surface area (TPSA) is 67.2 Å². The van der Waals surface area contributed by atoms with Crippen LogP contribution in [0.3, 0.4) is 0 Å². The average molecular weight is 159 g/mol. The molecular formula is C7H17N3O. The van der Waals surface area contributed by atoms with E-state index >= 15 is 0 Å². The summed E-state index contributed by atoms with van der Waals surface area (Å²) < 4.78 is 0.